The highest BCUT2D eigenvalue weighted by Gasteiger charge is 2.09. The van der Waals surface area contributed by atoms with Crippen molar-refractivity contribution >= 4 is 5.69 Å². The van der Waals surface area contributed by atoms with Gasteiger partial charge in [-0.15, -0.1) is 0 Å². The van der Waals surface area contributed by atoms with Crippen LogP contribution in [0, 0.1) is 5.82 Å². The molecule has 1 aromatic carbocycles. The Hall–Kier alpha value is -1.35. The van der Waals surface area contributed by atoms with Crippen LogP contribution in [0.3, 0.4) is 0 Å². The summed E-state index contributed by atoms with van der Waals surface area (Å²) in [4.78, 5) is 2.10. The van der Waals surface area contributed by atoms with Crippen LogP contribution in [0.15, 0.2) is 30.4 Å². The van der Waals surface area contributed by atoms with Gasteiger partial charge in [0, 0.05) is 18.8 Å². The first kappa shape index (κ1) is 10.2. The van der Waals surface area contributed by atoms with E-state index in [9.17, 15) is 4.39 Å². The summed E-state index contributed by atoms with van der Waals surface area (Å²) in [5, 5.41) is 8.99. The molecule has 0 amide bonds. The molecule has 0 unspecified atom stereocenters. The minimum absolute atomic E-state index is 0.117. The largest absolute Gasteiger partial charge is 0.392 e. The Bertz CT molecular complexity index is 376. The van der Waals surface area contributed by atoms with Crippen LogP contribution in [0.25, 0.3) is 0 Å². The number of nitrogens with zero attached hydrogens (tertiary/aromatic N) is 1. The fourth-order valence-electron chi connectivity index (χ4n) is 1.78. The lowest BCUT2D eigenvalue weighted by molar-refractivity contribution is 0.281. The maximum Gasteiger partial charge on any atom is 0.125 e. The summed E-state index contributed by atoms with van der Waals surface area (Å²) < 4.78 is 13.2. The van der Waals surface area contributed by atoms with E-state index in [2.05, 4.69) is 17.1 Å². The molecule has 15 heavy (non-hydrogen) atoms. The first-order chi connectivity index (χ1) is 7.29. The molecule has 1 aliphatic heterocycles. The SMILES string of the molecule is OCc1cc(F)cc(N2CC=CCC2)c1. The smallest absolute Gasteiger partial charge is 0.125 e. The molecule has 0 atom stereocenters. The van der Waals surface area contributed by atoms with Crippen molar-refractivity contribution in [1.82, 2.24) is 0 Å². The molecule has 1 aromatic rings. The van der Waals surface area contributed by atoms with E-state index in [1.165, 1.54) is 12.1 Å². The van der Waals surface area contributed by atoms with Crippen LogP contribution in [0.4, 0.5) is 10.1 Å². The molecular weight excluding hydrogens is 193 g/mol. The third-order valence-corrected chi connectivity index (χ3v) is 2.55. The highest BCUT2D eigenvalue weighted by molar-refractivity contribution is 5.50. The average Bonchev–Trinajstić information content (AvgIpc) is 2.29. The average molecular weight is 207 g/mol. The molecule has 0 aromatic heterocycles. The minimum Gasteiger partial charge on any atom is -0.392 e. The molecule has 1 aliphatic rings. The molecule has 2 nitrogen and oxygen atoms in total. The van der Waals surface area contributed by atoms with Gasteiger partial charge in [0.05, 0.1) is 6.61 Å². The predicted molar refractivity (Wildman–Crippen MR) is 58.3 cm³/mol. The summed E-state index contributed by atoms with van der Waals surface area (Å²) >= 11 is 0. The van der Waals surface area contributed by atoms with Gasteiger partial charge in [0.1, 0.15) is 5.82 Å². The van der Waals surface area contributed by atoms with Gasteiger partial charge >= 0.3 is 0 Å². The number of aliphatic hydroxyl groups is 1. The van der Waals surface area contributed by atoms with Crippen molar-refractivity contribution in [2.75, 3.05) is 18.0 Å². The Morgan fingerprint density at radius 3 is 2.80 bits per heavy atom. The maximum atomic E-state index is 13.2. The topological polar surface area (TPSA) is 23.5 Å². The third-order valence-electron chi connectivity index (χ3n) is 2.55. The highest BCUT2D eigenvalue weighted by Crippen LogP contribution is 2.20. The van der Waals surface area contributed by atoms with Crippen molar-refractivity contribution in [3.63, 3.8) is 0 Å². The predicted octanol–water partition coefficient (Wildman–Crippen LogP) is 2.08. The number of anilines is 1. The Kier molecular flexibility index (Phi) is 3.02. The van der Waals surface area contributed by atoms with Crippen LogP contribution < -0.4 is 4.90 Å². The number of hydrogen-bond donors (Lipinski definition) is 1. The van der Waals surface area contributed by atoms with Crippen molar-refractivity contribution in [3.8, 4) is 0 Å². The van der Waals surface area contributed by atoms with Crippen molar-refractivity contribution in [2.24, 2.45) is 0 Å². The van der Waals surface area contributed by atoms with E-state index < -0.39 is 0 Å². The van der Waals surface area contributed by atoms with Gasteiger partial charge in [0.25, 0.3) is 0 Å². The first-order valence-corrected chi connectivity index (χ1v) is 5.10. The maximum absolute atomic E-state index is 13.2. The monoisotopic (exact) mass is 207 g/mol. The Morgan fingerprint density at radius 1 is 1.27 bits per heavy atom. The number of aliphatic hydroxyl groups excluding tert-OH is 1. The fraction of sp³-hybridized carbons (Fsp3) is 0.333. The normalized spacial score (nSPS) is 15.7. The molecule has 0 saturated carbocycles. The minimum atomic E-state index is -0.286. The van der Waals surface area contributed by atoms with Crippen LogP contribution in [-0.4, -0.2) is 18.2 Å². The Labute approximate surface area is 88.6 Å². The molecular formula is C12H14FNO. The number of halogens is 1. The van der Waals surface area contributed by atoms with Crippen LogP contribution in [0.5, 0.6) is 0 Å². The lowest BCUT2D eigenvalue weighted by Gasteiger charge is -2.26. The molecule has 80 valence electrons. The second kappa shape index (κ2) is 4.45. The van der Waals surface area contributed by atoms with E-state index >= 15 is 0 Å². The number of hydrogen-bond acceptors (Lipinski definition) is 2. The van der Waals surface area contributed by atoms with Gasteiger partial charge in [-0.1, -0.05) is 12.2 Å². The Balaban J connectivity index is 2.26. The number of benzene rings is 1. The van der Waals surface area contributed by atoms with Crippen molar-refractivity contribution < 1.29 is 9.50 Å². The third kappa shape index (κ3) is 2.36. The van der Waals surface area contributed by atoms with Gasteiger partial charge in [0.15, 0.2) is 0 Å². The summed E-state index contributed by atoms with van der Waals surface area (Å²) in [5.74, 6) is -0.286. The molecule has 0 saturated heterocycles. The standard InChI is InChI=1S/C12H14FNO/c13-11-6-10(9-15)7-12(8-11)14-4-2-1-3-5-14/h1-2,6-8,15H,3-5,9H2. The van der Waals surface area contributed by atoms with Crippen LogP contribution in [-0.2, 0) is 6.61 Å². The van der Waals surface area contributed by atoms with Gasteiger partial charge < -0.3 is 10.0 Å². The zero-order valence-electron chi connectivity index (χ0n) is 8.49. The zero-order valence-corrected chi connectivity index (χ0v) is 8.49. The zero-order chi connectivity index (χ0) is 10.7. The summed E-state index contributed by atoms with van der Waals surface area (Å²) in [5.41, 5.74) is 1.47. The summed E-state index contributed by atoms with van der Waals surface area (Å²) in [6.07, 6.45) is 5.20. The Morgan fingerprint density at radius 2 is 2.13 bits per heavy atom. The van der Waals surface area contributed by atoms with Gasteiger partial charge in [-0.2, -0.15) is 0 Å². The molecule has 0 aliphatic carbocycles. The second-order valence-electron chi connectivity index (χ2n) is 3.68. The summed E-state index contributed by atoms with van der Waals surface area (Å²) in [6, 6.07) is 4.71. The molecule has 2 rings (SSSR count). The van der Waals surface area contributed by atoms with E-state index in [-0.39, 0.29) is 12.4 Å². The molecule has 0 fully saturated rings. The molecule has 3 heteroatoms. The summed E-state index contributed by atoms with van der Waals surface area (Å²) in [6.45, 7) is 1.60. The van der Waals surface area contributed by atoms with Gasteiger partial charge in [0.2, 0.25) is 0 Å². The van der Waals surface area contributed by atoms with Crippen molar-refractivity contribution in [2.45, 2.75) is 13.0 Å². The fourth-order valence-corrected chi connectivity index (χ4v) is 1.78. The van der Waals surface area contributed by atoms with E-state index in [1.54, 1.807) is 0 Å². The quantitative estimate of drug-likeness (QED) is 0.750. The first-order valence-electron chi connectivity index (χ1n) is 5.10. The van der Waals surface area contributed by atoms with E-state index in [1.807, 2.05) is 6.07 Å². The van der Waals surface area contributed by atoms with Crippen molar-refractivity contribution in [1.29, 1.82) is 0 Å². The van der Waals surface area contributed by atoms with Gasteiger partial charge in [-0.05, 0) is 30.2 Å². The lowest BCUT2D eigenvalue weighted by Crippen LogP contribution is -2.26. The van der Waals surface area contributed by atoms with Crippen LogP contribution in [0.2, 0.25) is 0 Å². The molecule has 1 N–H and O–H groups in total. The number of rotatable bonds is 2. The van der Waals surface area contributed by atoms with Gasteiger partial charge in [-0.3, -0.25) is 0 Å². The van der Waals surface area contributed by atoms with Gasteiger partial charge in [-0.25, -0.2) is 4.39 Å². The molecule has 0 radical (unpaired) electrons. The van der Waals surface area contributed by atoms with Crippen LogP contribution in [0.1, 0.15) is 12.0 Å². The molecule has 0 spiro atoms. The van der Waals surface area contributed by atoms with E-state index in [4.69, 9.17) is 5.11 Å². The molecule has 1 heterocycles. The van der Waals surface area contributed by atoms with E-state index in [0.717, 1.165) is 25.2 Å². The van der Waals surface area contributed by atoms with Crippen molar-refractivity contribution in [3.05, 3.63) is 41.7 Å². The summed E-state index contributed by atoms with van der Waals surface area (Å²) in [7, 11) is 0. The van der Waals surface area contributed by atoms with E-state index in [0.29, 0.717) is 5.56 Å². The molecule has 0 bridgehead atoms. The second-order valence-corrected chi connectivity index (χ2v) is 3.68. The van der Waals surface area contributed by atoms with Crippen LogP contribution >= 0.6 is 0 Å². The lowest BCUT2D eigenvalue weighted by atomic mass is 10.1. The highest BCUT2D eigenvalue weighted by atomic mass is 19.1.